The van der Waals surface area contributed by atoms with Gasteiger partial charge >= 0.3 is 5.97 Å². The Morgan fingerprint density at radius 2 is 0.627 bits per heavy atom. The van der Waals surface area contributed by atoms with E-state index in [4.69, 9.17) is 4.74 Å². The normalized spacial score (nSPS) is 12.5. The molecular formula is C69H135NO5. The highest BCUT2D eigenvalue weighted by Gasteiger charge is 2.20. The Morgan fingerprint density at radius 1 is 0.360 bits per heavy atom. The molecule has 75 heavy (non-hydrogen) atoms. The second kappa shape index (κ2) is 65.1. The van der Waals surface area contributed by atoms with Crippen LogP contribution in [-0.4, -0.2) is 47.4 Å². The molecule has 0 aliphatic carbocycles. The molecule has 0 aliphatic heterocycles. The number of hydrogen-bond acceptors (Lipinski definition) is 5. The first-order valence-corrected chi connectivity index (χ1v) is 34.4. The molecule has 0 saturated carbocycles. The van der Waals surface area contributed by atoms with E-state index in [0.717, 1.165) is 44.9 Å². The smallest absolute Gasteiger partial charge is 0.305 e. The molecule has 446 valence electrons. The quantitative estimate of drug-likeness (QED) is 0.0320. The van der Waals surface area contributed by atoms with Crippen LogP contribution < -0.4 is 5.32 Å². The number of hydrogen-bond donors (Lipinski definition) is 3. The molecular weight excluding hydrogens is 923 g/mol. The van der Waals surface area contributed by atoms with E-state index in [1.165, 1.54) is 315 Å². The van der Waals surface area contributed by atoms with Crippen LogP contribution in [0.1, 0.15) is 393 Å². The molecule has 6 nitrogen and oxygen atoms in total. The third kappa shape index (κ3) is 61.7. The van der Waals surface area contributed by atoms with Crippen molar-refractivity contribution in [3.8, 4) is 0 Å². The molecule has 3 N–H and O–H groups in total. The van der Waals surface area contributed by atoms with E-state index < -0.39 is 12.1 Å². The van der Waals surface area contributed by atoms with Crippen LogP contribution in [0.15, 0.2) is 12.2 Å². The highest BCUT2D eigenvalue weighted by Crippen LogP contribution is 2.19. The van der Waals surface area contributed by atoms with Crippen molar-refractivity contribution < 1.29 is 24.5 Å². The van der Waals surface area contributed by atoms with Crippen molar-refractivity contribution in [2.24, 2.45) is 0 Å². The molecule has 0 aromatic rings. The number of rotatable bonds is 65. The SMILES string of the molecule is CCCCCCCCC/C=C\CCCCCCCC(=O)OCCCCCCCCCCCCCCCCCCCC(=O)NC(CO)C(O)CCCCCCCCCCCCCCCCCCCCCCCCCCC. The van der Waals surface area contributed by atoms with Gasteiger partial charge in [-0.15, -0.1) is 0 Å². The summed E-state index contributed by atoms with van der Waals surface area (Å²) >= 11 is 0. The molecule has 0 bridgehead atoms. The third-order valence-corrected chi connectivity index (χ3v) is 16.3. The fraction of sp³-hybridized carbons (Fsp3) is 0.942. The third-order valence-electron chi connectivity index (χ3n) is 16.3. The second-order valence-electron chi connectivity index (χ2n) is 23.9. The van der Waals surface area contributed by atoms with Gasteiger partial charge in [-0.3, -0.25) is 9.59 Å². The fourth-order valence-electron chi connectivity index (χ4n) is 11.1. The number of esters is 1. The highest BCUT2D eigenvalue weighted by atomic mass is 16.5. The Labute approximate surface area is 469 Å². The lowest BCUT2D eigenvalue weighted by Gasteiger charge is -2.22. The van der Waals surface area contributed by atoms with Crippen molar-refractivity contribution in [2.45, 2.75) is 405 Å². The number of carbonyl (C=O) groups is 2. The first-order valence-electron chi connectivity index (χ1n) is 34.4. The van der Waals surface area contributed by atoms with E-state index in [1.807, 2.05) is 0 Å². The van der Waals surface area contributed by atoms with Crippen LogP contribution in [0, 0.1) is 0 Å². The maximum Gasteiger partial charge on any atom is 0.305 e. The lowest BCUT2D eigenvalue weighted by atomic mass is 10.0. The maximum absolute atomic E-state index is 12.6. The van der Waals surface area contributed by atoms with E-state index >= 15 is 0 Å². The summed E-state index contributed by atoms with van der Waals surface area (Å²) in [6, 6.07) is -0.547. The number of aliphatic hydroxyl groups is 2. The zero-order chi connectivity index (χ0) is 54.3. The van der Waals surface area contributed by atoms with E-state index in [9.17, 15) is 19.8 Å². The van der Waals surface area contributed by atoms with Gasteiger partial charge in [-0.1, -0.05) is 341 Å². The summed E-state index contributed by atoms with van der Waals surface area (Å²) in [6.45, 7) is 4.98. The molecule has 0 rings (SSSR count). The van der Waals surface area contributed by atoms with Crippen LogP contribution in [0.4, 0.5) is 0 Å². The van der Waals surface area contributed by atoms with E-state index in [1.54, 1.807) is 0 Å². The van der Waals surface area contributed by atoms with E-state index in [0.29, 0.717) is 25.9 Å². The van der Waals surface area contributed by atoms with Gasteiger partial charge in [0.1, 0.15) is 0 Å². The lowest BCUT2D eigenvalue weighted by molar-refractivity contribution is -0.143. The van der Waals surface area contributed by atoms with Gasteiger partial charge in [-0.2, -0.15) is 0 Å². The molecule has 0 spiro atoms. The molecule has 0 fully saturated rings. The molecule has 0 aliphatic rings. The van der Waals surface area contributed by atoms with E-state index in [2.05, 4.69) is 31.3 Å². The number of amides is 1. The summed E-state index contributed by atoms with van der Waals surface area (Å²) < 4.78 is 5.49. The average Bonchev–Trinajstić information content (AvgIpc) is 3.41. The van der Waals surface area contributed by atoms with Crippen LogP contribution in [0.5, 0.6) is 0 Å². The molecule has 2 atom stereocenters. The van der Waals surface area contributed by atoms with Gasteiger partial charge in [0.15, 0.2) is 0 Å². The standard InChI is InChI=1S/C69H135NO5/c1-3-5-7-9-11-13-15-17-19-21-22-23-24-25-26-27-28-30-33-37-41-45-49-53-57-61-67(72)66(65-71)70-68(73)62-58-54-50-46-42-38-34-31-29-32-36-40-44-48-52-56-60-64-75-69(74)63-59-55-51-47-43-39-35-20-18-16-14-12-10-8-6-4-2/h20,35,66-67,71-72H,3-19,21-34,36-65H2,1-2H3,(H,70,73)/b35-20-. The van der Waals surface area contributed by atoms with Crippen molar-refractivity contribution in [1.29, 1.82) is 0 Å². The summed E-state index contributed by atoms with van der Waals surface area (Å²) in [7, 11) is 0. The summed E-state index contributed by atoms with van der Waals surface area (Å²) in [5, 5.41) is 23.4. The number of ether oxygens (including phenoxy) is 1. The molecule has 2 unspecified atom stereocenters. The summed E-state index contributed by atoms with van der Waals surface area (Å²) in [4.78, 5) is 24.6. The van der Waals surface area contributed by atoms with Gasteiger partial charge < -0.3 is 20.3 Å². The first kappa shape index (κ1) is 73.6. The molecule has 0 radical (unpaired) electrons. The fourth-order valence-corrected chi connectivity index (χ4v) is 11.1. The Hall–Kier alpha value is -1.40. The number of nitrogens with one attached hydrogen (secondary N) is 1. The monoisotopic (exact) mass is 1060 g/mol. The largest absolute Gasteiger partial charge is 0.466 e. The Morgan fingerprint density at radius 3 is 0.947 bits per heavy atom. The topological polar surface area (TPSA) is 95.9 Å². The van der Waals surface area contributed by atoms with Crippen LogP contribution in [0.2, 0.25) is 0 Å². The van der Waals surface area contributed by atoms with E-state index in [-0.39, 0.29) is 18.5 Å². The number of carbonyl (C=O) groups excluding carboxylic acids is 2. The predicted octanol–water partition coefficient (Wildman–Crippen LogP) is 22.0. The van der Waals surface area contributed by atoms with Crippen molar-refractivity contribution in [3.63, 3.8) is 0 Å². The predicted molar refractivity (Wildman–Crippen MR) is 329 cm³/mol. The minimum atomic E-state index is -0.669. The minimum absolute atomic E-state index is 0.000466. The molecule has 1 amide bonds. The second-order valence-corrected chi connectivity index (χ2v) is 23.9. The molecule has 0 heterocycles. The van der Waals surface area contributed by atoms with Crippen LogP contribution in [-0.2, 0) is 14.3 Å². The van der Waals surface area contributed by atoms with Crippen molar-refractivity contribution >= 4 is 11.9 Å². The van der Waals surface area contributed by atoms with Gasteiger partial charge in [0.05, 0.1) is 25.4 Å². The minimum Gasteiger partial charge on any atom is -0.466 e. The van der Waals surface area contributed by atoms with Crippen molar-refractivity contribution in [3.05, 3.63) is 12.2 Å². The van der Waals surface area contributed by atoms with Crippen molar-refractivity contribution in [1.82, 2.24) is 5.32 Å². The molecule has 0 aromatic heterocycles. The highest BCUT2D eigenvalue weighted by molar-refractivity contribution is 5.76. The van der Waals surface area contributed by atoms with Crippen molar-refractivity contribution in [2.75, 3.05) is 13.2 Å². The first-order chi connectivity index (χ1) is 37.0. The number of unbranched alkanes of at least 4 members (excludes halogenated alkanes) is 52. The van der Waals surface area contributed by atoms with Gasteiger partial charge in [0.2, 0.25) is 5.91 Å². The zero-order valence-electron chi connectivity index (χ0n) is 51.1. The number of aliphatic hydroxyl groups excluding tert-OH is 2. The number of allylic oxidation sites excluding steroid dienone is 2. The summed E-state index contributed by atoms with van der Waals surface area (Å²) in [5.41, 5.74) is 0. The van der Waals surface area contributed by atoms with Crippen LogP contribution in [0.3, 0.4) is 0 Å². The zero-order valence-corrected chi connectivity index (χ0v) is 51.1. The Kier molecular flexibility index (Phi) is 63.9. The summed E-state index contributed by atoms with van der Waals surface area (Å²) in [5.74, 6) is -0.0357. The van der Waals surface area contributed by atoms with Gasteiger partial charge in [0, 0.05) is 12.8 Å². The van der Waals surface area contributed by atoms with Gasteiger partial charge in [0.25, 0.3) is 0 Å². The molecule has 6 heteroatoms. The van der Waals surface area contributed by atoms with Gasteiger partial charge in [-0.25, -0.2) is 0 Å². The van der Waals surface area contributed by atoms with Crippen LogP contribution in [0.25, 0.3) is 0 Å². The molecule has 0 saturated heterocycles. The average molecular weight is 1060 g/mol. The Balaban J connectivity index is 3.40. The van der Waals surface area contributed by atoms with Crippen LogP contribution >= 0.6 is 0 Å². The lowest BCUT2D eigenvalue weighted by Crippen LogP contribution is -2.45. The Bertz CT molecular complexity index is 1130. The maximum atomic E-state index is 12.6. The van der Waals surface area contributed by atoms with Gasteiger partial charge in [-0.05, 0) is 51.4 Å². The summed E-state index contributed by atoms with van der Waals surface area (Å²) in [6.07, 6.45) is 79.5. The molecule has 0 aromatic carbocycles.